The molecule has 1 fully saturated rings. The van der Waals surface area contributed by atoms with Crippen molar-refractivity contribution >= 4 is 5.91 Å². The Labute approximate surface area is 114 Å². The van der Waals surface area contributed by atoms with Gasteiger partial charge in [0.2, 0.25) is 0 Å². The molecule has 4 heteroatoms. The van der Waals surface area contributed by atoms with E-state index in [2.05, 4.69) is 4.90 Å². The molecule has 1 saturated heterocycles. The van der Waals surface area contributed by atoms with Crippen LogP contribution in [0, 0.1) is 0 Å². The fourth-order valence-electron chi connectivity index (χ4n) is 2.23. The molecule has 0 spiro atoms. The summed E-state index contributed by atoms with van der Waals surface area (Å²) in [5.41, 5.74) is 1.07. The van der Waals surface area contributed by atoms with Crippen LogP contribution < -0.4 is 0 Å². The summed E-state index contributed by atoms with van der Waals surface area (Å²) in [4.78, 5) is 19.7. The molecule has 1 aromatic carbocycles. The van der Waals surface area contributed by atoms with Gasteiger partial charge in [-0.25, -0.2) is 5.06 Å². The molecule has 1 aromatic rings. The van der Waals surface area contributed by atoms with Gasteiger partial charge in [-0.2, -0.15) is 0 Å². The van der Waals surface area contributed by atoms with Crippen LogP contribution in [0.25, 0.3) is 0 Å². The Morgan fingerprint density at radius 2 is 1.89 bits per heavy atom. The number of likely N-dealkylation sites (N-methyl/N-ethyl adjacent to an activating group) is 1. The number of likely N-dealkylation sites (tertiary alicyclic amines) is 1. The number of amides is 1. The highest BCUT2D eigenvalue weighted by Crippen LogP contribution is 2.09. The number of carbonyl (C=O) groups excluding carboxylic acids is 1. The molecule has 1 heterocycles. The van der Waals surface area contributed by atoms with Gasteiger partial charge < -0.3 is 0 Å². The Morgan fingerprint density at radius 3 is 2.58 bits per heavy atom. The van der Waals surface area contributed by atoms with Crippen molar-refractivity contribution in [2.75, 3.05) is 26.7 Å². The lowest BCUT2D eigenvalue weighted by atomic mass is 10.1. The van der Waals surface area contributed by atoms with Crippen LogP contribution in [-0.2, 0) is 16.2 Å². The predicted molar refractivity (Wildman–Crippen MR) is 74.3 cm³/mol. The molecule has 0 saturated carbocycles. The van der Waals surface area contributed by atoms with Crippen LogP contribution in [0.3, 0.4) is 0 Å². The molecule has 0 atom stereocenters. The molecule has 0 aromatic heterocycles. The third-order valence-corrected chi connectivity index (χ3v) is 3.43. The molecule has 104 valence electrons. The van der Waals surface area contributed by atoms with Gasteiger partial charge in [0, 0.05) is 7.05 Å². The predicted octanol–water partition coefficient (Wildman–Crippen LogP) is 2.06. The van der Waals surface area contributed by atoms with Crippen LogP contribution in [0.5, 0.6) is 0 Å². The lowest BCUT2D eigenvalue weighted by Crippen LogP contribution is -2.40. The molecule has 0 unspecified atom stereocenters. The maximum Gasteiger partial charge on any atom is 0.260 e. The zero-order chi connectivity index (χ0) is 13.5. The van der Waals surface area contributed by atoms with Gasteiger partial charge in [0.15, 0.2) is 0 Å². The summed E-state index contributed by atoms with van der Waals surface area (Å²) >= 11 is 0. The highest BCUT2D eigenvalue weighted by atomic mass is 16.7. The second kappa shape index (κ2) is 7.26. The van der Waals surface area contributed by atoms with Gasteiger partial charge in [0.1, 0.15) is 6.61 Å². The normalized spacial score (nSPS) is 16.3. The Bertz CT molecular complexity index is 388. The molecule has 19 heavy (non-hydrogen) atoms. The average Bonchev–Trinajstić information content (AvgIpc) is 2.47. The van der Waals surface area contributed by atoms with Gasteiger partial charge in [-0.15, -0.1) is 0 Å². The first-order chi connectivity index (χ1) is 9.25. The smallest absolute Gasteiger partial charge is 0.260 e. The van der Waals surface area contributed by atoms with E-state index >= 15 is 0 Å². The van der Waals surface area contributed by atoms with Gasteiger partial charge in [-0.3, -0.25) is 14.5 Å². The zero-order valence-corrected chi connectivity index (χ0v) is 11.5. The minimum Gasteiger partial charge on any atom is -0.294 e. The second-order valence-corrected chi connectivity index (χ2v) is 4.99. The standard InChI is InChI=1S/C15H22N2O2/c1-16(19-13-14-8-4-2-5-9-14)15(18)12-17-10-6-3-7-11-17/h2,4-5,8-9H,3,6-7,10-13H2,1H3. The summed E-state index contributed by atoms with van der Waals surface area (Å²) in [5, 5.41) is 1.36. The van der Waals surface area contributed by atoms with Crippen molar-refractivity contribution in [2.45, 2.75) is 25.9 Å². The van der Waals surface area contributed by atoms with E-state index in [0.29, 0.717) is 13.2 Å². The first-order valence-corrected chi connectivity index (χ1v) is 6.91. The van der Waals surface area contributed by atoms with E-state index in [1.165, 1.54) is 24.3 Å². The van der Waals surface area contributed by atoms with E-state index in [9.17, 15) is 4.79 Å². The van der Waals surface area contributed by atoms with Crippen molar-refractivity contribution in [3.8, 4) is 0 Å². The van der Waals surface area contributed by atoms with Gasteiger partial charge in [0.05, 0.1) is 6.54 Å². The van der Waals surface area contributed by atoms with Crippen molar-refractivity contribution in [1.29, 1.82) is 0 Å². The number of rotatable bonds is 5. The number of carbonyl (C=O) groups is 1. The van der Waals surface area contributed by atoms with Crippen LogP contribution >= 0.6 is 0 Å². The molecule has 1 aliphatic heterocycles. The largest absolute Gasteiger partial charge is 0.294 e. The van der Waals surface area contributed by atoms with E-state index in [4.69, 9.17) is 4.84 Å². The van der Waals surface area contributed by atoms with E-state index in [1.54, 1.807) is 7.05 Å². The highest BCUT2D eigenvalue weighted by molar-refractivity contribution is 5.76. The minimum absolute atomic E-state index is 0.0258. The highest BCUT2D eigenvalue weighted by Gasteiger charge is 2.17. The van der Waals surface area contributed by atoms with E-state index in [0.717, 1.165) is 18.7 Å². The van der Waals surface area contributed by atoms with Crippen LogP contribution in [0.15, 0.2) is 30.3 Å². The number of piperidine rings is 1. The molecule has 0 radical (unpaired) electrons. The Kier molecular flexibility index (Phi) is 5.36. The SMILES string of the molecule is CN(OCc1ccccc1)C(=O)CN1CCCCC1. The monoisotopic (exact) mass is 262 g/mol. The topological polar surface area (TPSA) is 32.8 Å². The Morgan fingerprint density at radius 1 is 1.21 bits per heavy atom. The van der Waals surface area contributed by atoms with Crippen molar-refractivity contribution in [1.82, 2.24) is 9.96 Å². The zero-order valence-electron chi connectivity index (χ0n) is 11.5. The Balaban J connectivity index is 1.72. The lowest BCUT2D eigenvalue weighted by Gasteiger charge is -2.27. The van der Waals surface area contributed by atoms with Crippen LogP contribution in [0.4, 0.5) is 0 Å². The molecule has 0 N–H and O–H groups in total. The molecular formula is C15H22N2O2. The average molecular weight is 262 g/mol. The summed E-state index contributed by atoms with van der Waals surface area (Å²) in [6.07, 6.45) is 3.68. The van der Waals surface area contributed by atoms with Crippen molar-refractivity contribution < 1.29 is 9.63 Å². The minimum atomic E-state index is 0.0258. The van der Waals surface area contributed by atoms with Crippen molar-refractivity contribution in [2.24, 2.45) is 0 Å². The van der Waals surface area contributed by atoms with E-state index in [-0.39, 0.29) is 5.91 Å². The second-order valence-electron chi connectivity index (χ2n) is 4.99. The molecule has 1 amide bonds. The number of hydrogen-bond donors (Lipinski definition) is 0. The first-order valence-electron chi connectivity index (χ1n) is 6.91. The third-order valence-electron chi connectivity index (χ3n) is 3.43. The Hall–Kier alpha value is -1.39. The van der Waals surface area contributed by atoms with Crippen LogP contribution in [0.1, 0.15) is 24.8 Å². The number of benzene rings is 1. The third kappa shape index (κ3) is 4.65. The molecular weight excluding hydrogens is 240 g/mol. The molecule has 2 rings (SSSR count). The summed E-state index contributed by atoms with van der Waals surface area (Å²) in [7, 11) is 1.69. The first kappa shape index (κ1) is 14.0. The van der Waals surface area contributed by atoms with E-state index in [1.807, 2.05) is 30.3 Å². The summed E-state index contributed by atoms with van der Waals surface area (Å²) in [6, 6.07) is 9.88. The maximum atomic E-state index is 12.0. The molecule has 1 aliphatic rings. The van der Waals surface area contributed by atoms with Gasteiger partial charge >= 0.3 is 0 Å². The molecule has 0 aliphatic carbocycles. The van der Waals surface area contributed by atoms with Crippen LogP contribution in [-0.4, -0.2) is 42.6 Å². The number of hydroxylamine groups is 2. The van der Waals surface area contributed by atoms with Gasteiger partial charge in [-0.05, 0) is 31.5 Å². The summed E-state index contributed by atoms with van der Waals surface area (Å²) in [6.45, 7) is 2.95. The number of hydrogen-bond acceptors (Lipinski definition) is 3. The fourth-order valence-corrected chi connectivity index (χ4v) is 2.23. The number of nitrogens with zero attached hydrogens (tertiary/aromatic N) is 2. The fraction of sp³-hybridized carbons (Fsp3) is 0.533. The lowest BCUT2D eigenvalue weighted by molar-refractivity contribution is -0.183. The van der Waals surface area contributed by atoms with Gasteiger partial charge in [-0.1, -0.05) is 36.8 Å². The maximum absolute atomic E-state index is 12.0. The van der Waals surface area contributed by atoms with Crippen molar-refractivity contribution in [3.63, 3.8) is 0 Å². The summed E-state index contributed by atoms with van der Waals surface area (Å²) in [5.74, 6) is 0.0258. The molecule has 0 bridgehead atoms. The van der Waals surface area contributed by atoms with Crippen molar-refractivity contribution in [3.05, 3.63) is 35.9 Å². The quantitative estimate of drug-likeness (QED) is 0.762. The summed E-state index contributed by atoms with van der Waals surface area (Å²) < 4.78 is 0. The van der Waals surface area contributed by atoms with Gasteiger partial charge in [0.25, 0.3) is 5.91 Å². The van der Waals surface area contributed by atoms with E-state index < -0.39 is 0 Å². The molecule has 4 nitrogen and oxygen atoms in total. The van der Waals surface area contributed by atoms with Crippen LogP contribution in [0.2, 0.25) is 0 Å².